The summed E-state index contributed by atoms with van der Waals surface area (Å²) in [6.07, 6.45) is 1.78. The van der Waals surface area contributed by atoms with Gasteiger partial charge in [-0.2, -0.15) is 0 Å². The molecular formula is C12H11BrFN3O. The van der Waals surface area contributed by atoms with E-state index in [-0.39, 0.29) is 11.7 Å². The smallest absolute Gasteiger partial charge is 0.186 e. The molecule has 0 bridgehead atoms. The third-order valence-electron chi connectivity index (χ3n) is 2.57. The Morgan fingerprint density at radius 1 is 1.39 bits per heavy atom. The Kier molecular flexibility index (Phi) is 3.66. The maximum atomic E-state index is 13.4. The van der Waals surface area contributed by atoms with Crippen LogP contribution >= 0.6 is 15.9 Å². The molecule has 0 aliphatic carbocycles. The molecule has 18 heavy (non-hydrogen) atoms. The molecule has 0 spiro atoms. The zero-order chi connectivity index (χ0) is 13.1. The number of oxime groups is 1. The minimum atomic E-state index is -0.315. The third-order valence-corrected chi connectivity index (χ3v) is 3.46. The maximum Gasteiger partial charge on any atom is 0.186 e. The molecule has 0 amide bonds. The van der Waals surface area contributed by atoms with Crippen LogP contribution in [0.25, 0.3) is 0 Å². The second-order valence-electron chi connectivity index (χ2n) is 3.72. The van der Waals surface area contributed by atoms with E-state index in [1.807, 2.05) is 6.07 Å². The fraction of sp³-hybridized carbons (Fsp3) is 0.0833. The first-order chi connectivity index (χ1) is 8.63. The van der Waals surface area contributed by atoms with Gasteiger partial charge < -0.3 is 15.5 Å². The monoisotopic (exact) mass is 311 g/mol. The Bertz CT molecular complexity index is 595. The zero-order valence-corrected chi connectivity index (χ0v) is 10.9. The average Bonchev–Trinajstić information content (AvgIpc) is 2.82. The molecule has 0 unspecified atom stereocenters. The average molecular weight is 312 g/mol. The van der Waals surface area contributed by atoms with Gasteiger partial charge in [-0.3, -0.25) is 0 Å². The van der Waals surface area contributed by atoms with E-state index in [4.69, 9.17) is 10.9 Å². The van der Waals surface area contributed by atoms with Gasteiger partial charge in [-0.15, -0.1) is 0 Å². The molecule has 0 aliphatic heterocycles. The van der Waals surface area contributed by atoms with E-state index in [2.05, 4.69) is 21.1 Å². The lowest BCUT2D eigenvalue weighted by Crippen LogP contribution is -2.18. The number of hydrogen-bond donors (Lipinski definition) is 2. The number of benzene rings is 1. The van der Waals surface area contributed by atoms with Crippen LogP contribution in [0.4, 0.5) is 4.39 Å². The van der Waals surface area contributed by atoms with Crippen molar-refractivity contribution in [3.05, 3.63) is 58.1 Å². The van der Waals surface area contributed by atoms with Crippen molar-refractivity contribution in [2.75, 3.05) is 0 Å². The van der Waals surface area contributed by atoms with Crippen molar-refractivity contribution in [2.45, 2.75) is 6.54 Å². The van der Waals surface area contributed by atoms with Crippen LogP contribution in [0.15, 0.2) is 46.2 Å². The second kappa shape index (κ2) is 5.22. The van der Waals surface area contributed by atoms with E-state index in [0.717, 1.165) is 5.56 Å². The molecule has 0 saturated heterocycles. The molecule has 0 fully saturated rings. The first-order valence-electron chi connectivity index (χ1n) is 5.19. The van der Waals surface area contributed by atoms with Crippen LogP contribution in [0, 0.1) is 5.82 Å². The van der Waals surface area contributed by atoms with Crippen LogP contribution in [0.2, 0.25) is 0 Å². The lowest BCUT2D eigenvalue weighted by atomic mass is 10.2. The highest BCUT2D eigenvalue weighted by molar-refractivity contribution is 9.10. The first-order valence-corrected chi connectivity index (χ1v) is 5.98. The lowest BCUT2D eigenvalue weighted by Gasteiger charge is -2.10. The molecule has 6 heteroatoms. The van der Waals surface area contributed by atoms with Gasteiger partial charge in [0.05, 0.1) is 10.2 Å². The summed E-state index contributed by atoms with van der Waals surface area (Å²) in [5.41, 5.74) is 6.91. The summed E-state index contributed by atoms with van der Waals surface area (Å²) < 4.78 is 15.6. The van der Waals surface area contributed by atoms with Crippen LogP contribution in [0.5, 0.6) is 0 Å². The number of halogens is 2. The fourth-order valence-electron chi connectivity index (χ4n) is 1.69. The van der Waals surface area contributed by atoms with Crippen molar-refractivity contribution in [1.29, 1.82) is 0 Å². The molecule has 94 valence electrons. The SMILES string of the molecule is N/C(=N/O)c1cccn1Cc1cccc(F)c1Br. The van der Waals surface area contributed by atoms with Gasteiger partial charge in [0.15, 0.2) is 5.84 Å². The predicted molar refractivity (Wildman–Crippen MR) is 70.1 cm³/mol. The van der Waals surface area contributed by atoms with Crippen LogP contribution in [-0.4, -0.2) is 15.6 Å². The van der Waals surface area contributed by atoms with Crippen molar-refractivity contribution < 1.29 is 9.60 Å². The number of aromatic nitrogens is 1. The highest BCUT2D eigenvalue weighted by Crippen LogP contribution is 2.21. The topological polar surface area (TPSA) is 63.5 Å². The van der Waals surface area contributed by atoms with Crippen molar-refractivity contribution in [2.24, 2.45) is 10.9 Å². The molecule has 2 rings (SSSR count). The van der Waals surface area contributed by atoms with Gasteiger partial charge >= 0.3 is 0 Å². The largest absolute Gasteiger partial charge is 0.409 e. The van der Waals surface area contributed by atoms with Crippen molar-refractivity contribution >= 4 is 21.8 Å². The summed E-state index contributed by atoms with van der Waals surface area (Å²) in [7, 11) is 0. The quantitative estimate of drug-likeness (QED) is 0.396. The standard InChI is InChI=1S/C12H11BrFN3O/c13-11-8(3-1-4-9(11)14)7-17-6-2-5-10(17)12(15)16-18/h1-6,18H,7H2,(H2,15,16). The highest BCUT2D eigenvalue weighted by Gasteiger charge is 2.09. The summed E-state index contributed by atoms with van der Waals surface area (Å²) in [6.45, 7) is 0.427. The summed E-state index contributed by atoms with van der Waals surface area (Å²) in [5.74, 6) is -0.294. The normalized spacial score (nSPS) is 11.8. The summed E-state index contributed by atoms with van der Waals surface area (Å²) in [4.78, 5) is 0. The molecule has 3 N–H and O–H groups in total. The van der Waals surface area contributed by atoms with Gasteiger partial charge in [0.2, 0.25) is 0 Å². The minimum Gasteiger partial charge on any atom is -0.409 e. The van der Waals surface area contributed by atoms with E-state index in [1.54, 1.807) is 29.0 Å². The third kappa shape index (κ3) is 2.38. The Morgan fingerprint density at radius 2 is 2.17 bits per heavy atom. The zero-order valence-electron chi connectivity index (χ0n) is 9.35. The molecule has 0 saturated carbocycles. The van der Waals surface area contributed by atoms with Gasteiger partial charge in [-0.05, 0) is 39.7 Å². The van der Waals surface area contributed by atoms with E-state index in [9.17, 15) is 4.39 Å². The summed E-state index contributed by atoms with van der Waals surface area (Å²) >= 11 is 3.21. The second-order valence-corrected chi connectivity index (χ2v) is 4.51. The Hall–Kier alpha value is -1.82. The summed E-state index contributed by atoms with van der Waals surface area (Å²) in [6, 6.07) is 8.34. The van der Waals surface area contributed by atoms with Crippen LogP contribution < -0.4 is 5.73 Å². The Balaban J connectivity index is 2.35. The van der Waals surface area contributed by atoms with Gasteiger partial charge in [-0.25, -0.2) is 4.39 Å². The van der Waals surface area contributed by atoms with Gasteiger partial charge in [-0.1, -0.05) is 17.3 Å². The number of hydrogen-bond acceptors (Lipinski definition) is 2. The van der Waals surface area contributed by atoms with Crippen LogP contribution in [0.1, 0.15) is 11.3 Å². The number of nitrogens with two attached hydrogens (primary N) is 1. The molecular weight excluding hydrogens is 301 g/mol. The molecule has 0 radical (unpaired) electrons. The van der Waals surface area contributed by atoms with E-state index < -0.39 is 0 Å². The molecule has 0 atom stereocenters. The predicted octanol–water partition coefficient (Wildman–Crippen LogP) is 2.53. The minimum absolute atomic E-state index is 0.0209. The Labute approximate surface area is 112 Å². The van der Waals surface area contributed by atoms with Crippen LogP contribution in [-0.2, 0) is 6.54 Å². The van der Waals surface area contributed by atoms with Gasteiger partial charge in [0.1, 0.15) is 5.82 Å². The molecule has 1 heterocycles. The first kappa shape index (κ1) is 12.6. The van der Waals surface area contributed by atoms with Crippen LogP contribution in [0.3, 0.4) is 0 Å². The molecule has 4 nitrogen and oxygen atoms in total. The number of amidine groups is 1. The van der Waals surface area contributed by atoms with Gasteiger partial charge in [0, 0.05) is 12.7 Å². The van der Waals surface area contributed by atoms with Crippen molar-refractivity contribution in [3.63, 3.8) is 0 Å². The fourth-order valence-corrected chi connectivity index (χ4v) is 2.08. The lowest BCUT2D eigenvalue weighted by molar-refractivity contribution is 0.318. The van der Waals surface area contributed by atoms with E-state index in [1.165, 1.54) is 6.07 Å². The van der Waals surface area contributed by atoms with E-state index in [0.29, 0.717) is 16.7 Å². The molecule has 1 aromatic heterocycles. The number of rotatable bonds is 3. The Morgan fingerprint density at radius 3 is 2.89 bits per heavy atom. The van der Waals surface area contributed by atoms with Gasteiger partial charge in [0.25, 0.3) is 0 Å². The number of nitrogens with zero attached hydrogens (tertiary/aromatic N) is 2. The highest BCUT2D eigenvalue weighted by atomic mass is 79.9. The van der Waals surface area contributed by atoms with E-state index >= 15 is 0 Å². The molecule has 2 aromatic rings. The summed E-state index contributed by atoms with van der Waals surface area (Å²) in [5, 5.41) is 11.6. The van der Waals surface area contributed by atoms with Crippen molar-refractivity contribution in [3.8, 4) is 0 Å². The molecule has 0 aliphatic rings. The maximum absolute atomic E-state index is 13.4. The molecule has 1 aromatic carbocycles. The van der Waals surface area contributed by atoms with Crippen molar-refractivity contribution in [1.82, 2.24) is 4.57 Å².